The summed E-state index contributed by atoms with van der Waals surface area (Å²) in [6.45, 7) is 3.68. The minimum Gasteiger partial charge on any atom is -0.295 e. The molecule has 1 heteroatoms. The summed E-state index contributed by atoms with van der Waals surface area (Å²) in [5.74, 6) is 0. The maximum atomic E-state index is 2.51. The van der Waals surface area contributed by atoms with Gasteiger partial charge in [0.05, 0.1) is 0 Å². The van der Waals surface area contributed by atoms with Crippen molar-refractivity contribution in [1.29, 1.82) is 0 Å². The van der Waals surface area contributed by atoms with E-state index in [0.717, 1.165) is 12.1 Å². The highest BCUT2D eigenvalue weighted by Gasteiger charge is 2.50. The Hall–Kier alpha value is -0.0400. The van der Waals surface area contributed by atoms with Crippen LogP contribution in [-0.2, 0) is 0 Å². The maximum absolute atomic E-state index is 2.51. The second kappa shape index (κ2) is 0.648. The van der Waals surface area contributed by atoms with Crippen molar-refractivity contribution < 1.29 is 0 Å². The van der Waals surface area contributed by atoms with Gasteiger partial charge in [0.1, 0.15) is 0 Å². The Morgan fingerprint density at radius 3 is 2.33 bits per heavy atom. The smallest absolute Gasteiger partial charge is 0.0264 e. The molecule has 0 aromatic rings. The summed E-state index contributed by atoms with van der Waals surface area (Å²) in [7, 11) is 0. The van der Waals surface area contributed by atoms with Gasteiger partial charge in [-0.15, -0.1) is 0 Å². The van der Waals surface area contributed by atoms with E-state index >= 15 is 0 Å². The standard InChI is InChI=1S/C5H9N/c1-4-5-2-3-6(4)5/h4-5H,2-3H2,1H3. The summed E-state index contributed by atoms with van der Waals surface area (Å²) in [6, 6.07) is 2.00. The molecule has 2 aliphatic rings. The molecule has 6 heavy (non-hydrogen) atoms. The largest absolute Gasteiger partial charge is 0.295 e. The lowest BCUT2D eigenvalue weighted by Gasteiger charge is -2.08. The molecule has 0 saturated carbocycles. The zero-order valence-corrected chi connectivity index (χ0v) is 4.02. The second-order valence-electron chi connectivity index (χ2n) is 2.33. The molecule has 2 saturated heterocycles. The van der Waals surface area contributed by atoms with E-state index in [2.05, 4.69) is 11.8 Å². The number of hydrogen-bond acceptors (Lipinski definition) is 1. The lowest BCUT2D eigenvalue weighted by atomic mass is 10.2. The van der Waals surface area contributed by atoms with Crippen LogP contribution in [0.15, 0.2) is 0 Å². The van der Waals surface area contributed by atoms with Crippen molar-refractivity contribution >= 4 is 0 Å². The van der Waals surface area contributed by atoms with Crippen molar-refractivity contribution in [2.45, 2.75) is 25.4 Å². The average Bonchev–Trinajstić information content (AvgIpc) is 1.63. The molecule has 0 amide bonds. The molecular formula is C5H9N. The van der Waals surface area contributed by atoms with Gasteiger partial charge in [-0.1, -0.05) is 0 Å². The van der Waals surface area contributed by atoms with Gasteiger partial charge in [0, 0.05) is 18.6 Å². The van der Waals surface area contributed by atoms with Crippen LogP contribution in [0.4, 0.5) is 0 Å². The van der Waals surface area contributed by atoms with Gasteiger partial charge in [-0.2, -0.15) is 0 Å². The predicted octanol–water partition coefficient (Wildman–Crippen LogP) is 0.463. The summed E-state index contributed by atoms with van der Waals surface area (Å²) in [4.78, 5) is 2.51. The van der Waals surface area contributed by atoms with E-state index in [1.54, 1.807) is 0 Å². The van der Waals surface area contributed by atoms with Gasteiger partial charge in [0.15, 0.2) is 0 Å². The molecule has 0 aliphatic carbocycles. The van der Waals surface area contributed by atoms with Crippen LogP contribution in [0.5, 0.6) is 0 Å². The second-order valence-corrected chi connectivity index (χ2v) is 2.33. The highest BCUT2D eigenvalue weighted by Crippen LogP contribution is 2.39. The van der Waals surface area contributed by atoms with Gasteiger partial charge in [0.2, 0.25) is 0 Å². The number of fused-ring (bicyclic) bond motifs is 1. The van der Waals surface area contributed by atoms with Crippen molar-refractivity contribution in [2.75, 3.05) is 6.54 Å². The van der Waals surface area contributed by atoms with Gasteiger partial charge in [0.25, 0.3) is 0 Å². The predicted molar refractivity (Wildman–Crippen MR) is 24.6 cm³/mol. The first-order chi connectivity index (χ1) is 2.89. The summed E-state index contributed by atoms with van der Waals surface area (Å²) < 4.78 is 0. The first-order valence-electron chi connectivity index (χ1n) is 2.65. The molecule has 2 rings (SSSR count). The third-order valence-electron chi connectivity index (χ3n) is 2.10. The Morgan fingerprint density at radius 1 is 1.67 bits per heavy atom. The molecule has 34 valence electrons. The van der Waals surface area contributed by atoms with Crippen molar-refractivity contribution in [3.05, 3.63) is 0 Å². The highest BCUT2D eigenvalue weighted by molar-refractivity contribution is 5.07. The van der Waals surface area contributed by atoms with Gasteiger partial charge in [-0.05, 0) is 13.3 Å². The summed E-state index contributed by atoms with van der Waals surface area (Å²) in [5, 5.41) is 0. The molecule has 2 heterocycles. The maximum Gasteiger partial charge on any atom is 0.0264 e. The Kier molecular flexibility index (Phi) is 0.327. The monoisotopic (exact) mass is 83.1 g/mol. The fourth-order valence-electron chi connectivity index (χ4n) is 1.35. The van der Waals surface area contributed by atoms with E-state index in [1.807, 2.05) is 0 Å². The summed E-state index contributed by atoms with van der Waals surface area (Å²) in [5.41, 5.74) is 0. The topological polar surface area (TPSA) is 3.01 Å². The van der Waals surface area contributed by atoms with Crippen LogP contribution in [0.3, 0.4) is 0 Å². The molecule has 0 N–H and O–H groups in total. The lowest BCUT2D eigenvalue weighted by Crippen LogP contribution is -2.16. The first kappa shape index (κ1) is 3.03. The average molecular weight is 83.1 g/mol. The van der Waals surface area contributed by atoms with Crippen molar-refractivity contribution in [3.8, 4) is 0 Å². The van der Waals surface area contributed by atoms with E-state index in [-0.39, 0.29) is 0 Å². The van der Waals surface area contributed by atoms with Crippen LogP contribution in [0.25, 0.3) is 0 Å². The normalized spacial score (nSPS) is 62.5. The Labute approximate surface area is 37.9 Å². The molecule has 3 unspecified atom stereocenters. The molecular weight excluding hydrogens is 74.1 g/mol. The van der Waals surface area contributed by atoms with Gasteiger partial charge >= 0.3 is 0 Å². The number of hydrogen-bond donors (Lipinski definition) is 0. The highest BCUT2D eigenvalue weighted by atomic mass is 15.4. The Morgan fingerprint density at radius 2 is 2.33 bits per heavy atom. The lowest BCUT2D eigenvalue weighted by molar-refractivity contribution is 0.374. The molecule has 0 aromatic heterocycles. The summed E-state index contributed by atoms with van der Waals surface area (Å²) >= 11 is 0. The third kappa shape index (κ3) is 0.155. The van der Waals surface area contributed by atoms with Crippen LogP contribution in [0.1, 0.15) is 13.3 Å². The Bertz CT molecular complexity index is 63.3. The van der Waals surface area contributed by atoms with E-state index < -0.39 is 0 Å². The molecule has 2 aliphatic heterocycles. The van der Waals surface area contributed by atoms with Crippen LogP contribution < -0.4 is 0 Å². The molecule has 0 bridgehead atoms. The van der Waals surface area contributed by atoms with Crippen molar-refractivity contribution in [2.24, 2.45) is 0 Å². The molecule has 0 aromatic carbocycles. The van der Waals surface area contributed by atoms with Crippen LogP contribution >= 0.6 is 0 Å². The molecule has 3 atom stereocenters. The van der Waals surface area contributed by atoms with E-state index in [4.69, 9.17) is 0 Å². The quantitative estimate of drug-likeness (QED) is 0.384. The third-order valence-corrected chi connectivity index (χ3v) is 2.10. The first-order valence-corrected chi connectivity index (χ1v) is 2.65. The SMILES string of the molecule is CC1C2CCN12. The van der Waals surface area contributed by atoms with Crippen molar-refractivity contribution in [1.82, 2.24) is 4.90 Å². The minimum atomic E-state index is 0.963. The van der Waals surface area contributed by atoms with Gasteiger partial charge < -0.3 is 0 Å². The van der Waals surface area contributed by atoms with Crippen LogP contribution in [0.2, 0.25) is 0 Å². The minimum absolute atomic E-state index is 0.963. The molecule has 1 nitrogen and oxygen atoms in total. The molecule has 0 radical (unpaired) electrons. The van der Waals surface area contributed by atoms with Crippen LogP contribution in [-0.4, -0.2) is 23.5 Å². The van der Waals surface area contributed by atoms with Crippen LogP contribution in [0, 0.1) is 0 Å². The van der Waals surface area contributed by atoms with Gasteiger partial charge in [-0.25, -0.2) is 0 Å². The molecule has 2 fully saturated rings. The van der Waals surface area contributed by atoms with E-state index in [0.29, 0.717) is 0 Å². The molecule has 0 spiro atoms. The van der Waals surface area contributed by atoms with E-state index in [1.165, 1.54) is 13.0 Å². The van der Waals surface area contributed by atoms with Gasteiger partial charge in [-0.3, -0.25) is 4.90 Å². The number of rotatable bonds is 0. The van der Waals surface area contributed by atoms with Crippen molar-refractivity contribution in [3.63, 3.8) is 0 Å². The number of nitrogens with zero attached hydrogens (tertiary/aromatic N) is 1. The summed E-state index contributed by atoms with van der Waals surface area (Å²) in [6.07, 6.45) is 1.47. The fourth-order valence-corrected chi connectivity index (χ4v) is 1.35. The zero-order valence-electron chi connectivity index (χ0n) is 4.02. The zero-order chi connectivity index (χ0) is 4.15. The van der Waals surface area contributed by atoms with E-state index in [9.17, 15) is 0 Å². The Balaban J connectivity index is 2.11. The fraction of sp³-hybridized carbons (Fsp3) is 1.00.